The molecule has 0 amide bonds. The van der Waals surface area contributed by atoms with Crippen molar-refractivity contribution in [3.8, 4) is 11.6 Å². The van der Waals surface area contributed by atoms with Gasteiger partial charge in [0.05, 0.1) is 24.7 Å². The summed E-state index contributed by atoms with van der Waals surface area (Å²) in [6.45, 7) is -0.929. The Labute approximate surface area is 97.9 Å². The van der Waals surface area contributed by atoms with E-state index >= 15 is 0 Å². The minimum Gasteiger partial charge on any atom is -0.490 e. The summed E-state index contributed by atoms with van der Waals surface area (Å²) in [5.74, 6) is -1.44. The van der Waals surface area contributed by atoms with Gasteiger partial charge in [0.15, 0.2) is 5.69 Å². The number of nitro groups is 1. The van der Waals surface area contributed by atoms with Gasteiger partial charge in [0.2, 0.25) is 11.6 Å². The van der Waals surface area contributed by atoms with Gasteiger partial charge in [-0.2, -0.15) is 0 Å². The third-order valence-electron chi connectivity index (χ3n) is 1.78. The molecule has 0 spiro atoms. The van der Waals surface area contributed by atoms with Crippen LogP contribution in [0.3, 0.4) is 0 Å². The molecule has 0 unspecified atom stereocenters. The number of aliphatic hydroxyl groups excluding tert-OH is 1. The topological polar surface area (TPSA) is 94.7 Å². The molecule has 1 heterocycles. The molecular weight excluding hydrogens is 261 g/mol. The summed E-state index contributed by atoms with van der Waals surface area (Å²) in [4.78, 5) is 12.9. The van der Waals surface area contributed by atoms with Gasteiger partial charge in [0.25, 0.3) is 0 Å². The van der Waals surface area contributed by atoms with Crippen molar-refractivity contribution in [2.75, 3.05) is 7.11 Å². The lowest BCUT2D eigenvalue weighted by Gasteiger charge is -2.10. The van der Waals surface area contributed by atoms with Crippen molar-refractivity contribution in [1.82, 2.24) is 4.98 Å². The largest absolute Gasteiger partial charge is 0.574 e. The van der Waals surface area contributed by atoms with E-state index < -0.39 is 40.9 Å². The first-order valence-corrected chi connectivity index (χ1v) is 4.37. The van der Waals surface area contributed by atoms with Crippen LogP contribution in [0.25, 0.3) is 0 Å². The summed E-state index contributed by atoms with van der Waals surface area (Å²) >= 11 is 0. The summed E-state index contributed by atoms with van der Waals surface area (Å²) in [5.41, 5.74) is -1.30. The molecule has 1 aromatic rings. The van der Waals surface area contributed by atoms with Gasteiger partial charge in [0, 0.05) is 0 Å². The van der Waals surface area contributed by atoms with Crippen molar-refractivity contribution >= 4 is 5.69 Å². The molecule has 0 saturated heterocycles. The quantitative estimate of drug-likeness (QED) is 0.655. The van der Waals surface area contributed by atoms with Crippen LogP contribution in [-0.4, -0.2) is 28.5 Å². The molecule has 1 rings (SSSR count). The molecule has 7 nitrogen and oxygen atoms in total. The Hall–Kier alpha value is -2.10. The number of aliphatic hydroxyl groups is 1. The Morgan fingerprint density at radius 3 is 2.56 bits per heavy atom. The van der Waals surface area contributed by atoms with Gasteiger partial charge in [-0.25, -0.2) is 4.98 Å². The molecule has 1 N–H and O–H groups in total. The van der Waals surface area contributed by atoms with Crippen LogP contribution in [0.15, 0.2) is 6.07 Å². The Kier molecular flexibility index (Phi) is 3.91. The molecular formula is C8H7F3N2O5. The van der Waals surface area contributed by atoms with E-state index in [1.807, 2.05) is 0 Å². The number of nitrogens with zero attached hydrogens (tertiary/aromatic N) is 2. The lowest BCUT2D eigenvalue weighted by molar-refractivity contribution is -0.387. The first-order chi connectivity index (χ1) is 8.28. The molecule has 0 aliphatic heterocycles. The number of hydrogen-bond acceptors (Lipinski definition) is 6. The van der Waals surface area contributed by atoms with Crippen LogP contribution in [0.5, 0.6) is 11.6 Å². The van der Waals surface area contributed by atoms with E-state index in [0.29, 0.717) is 6.07 Å². The monoisotopic (exact) mass is 268 g/mol. The zero-order chi connectivity index (χ0) is 13.9. The second-order valence-corrected chi connectivity index (χ2v) is 2.92. The lowest BCUT2D eigenvalue weighted by atomic mass is 10.3. The maximum absolute atomic E-state index is 12.0. The summed E-state index contributed by atoms with van der Waals surface area (Å²) < 4.78 is 44.0. The van der Waals surface area contributed by atoms with Gasteiger partial charge in [0.1, 0.15) is 0 Å². The van der Waals surface area contributed by atoms with Crippen LogP contribution in [0.1, 0.15) is 5.69 Å². The second kappa shape index (κ2) is 5.04. The van der Waals surface area contributed by atoms with Crippen molar-refractivity contribution in [3.63, 3.8) is 0 Å². The van der Waals surface area contributed by atoms with Crippen LogP contribution in [0.4, 0.5) is 18.9 Å². The number of ether oxygens (including phenoxy) is 2. The lowest BCUT2D eigenvalue weighted by Crippen LogP contribution is -2.18. The molecule has 1 aromatic heterocycles. The van der Waals surface area contributed by atoms with Gasteiger partial charge >= 0.3 is 12.0 Å². The van der Waals surface area contributed by atoms with Crippen LogP contribution >= 0.6 is 0 Å². The van der Waals surface area contributed by atoms with E-state index in [2.05, 4.69) is 14.5 Å². The zero-order valence-corrected chi connectivity index (χ0v) is 8.89. The highest BCUT2D eigenvalue weighted by molar-refractivity contribution is 5.52. The molecule has 0 saturated carbocycles. The van der Waals surface area contributed by atoms with Crippen molar-refractivity contribution < 1.29 is 32.7 Å². The van der Waals surface area contributed by atoms with Gasteiger partial charge in [-0.3, -0.25) is 10.1 Å². The number of aromatic nitrogens is 1. The molecule has 0 aliphatic rings. The molecule has 18 heavy (non-hydrogen) atoms. The van der Waals surface area contributed by atoms with Crippen molar-refractivity contribution in [1.29, 1.82) is 0 Å². The maximum atomic E-state index is 12.0. The fourth-order valence-electron chi connectivity index (χ4n) is 1.17. The molecule has 0 aromatic carbocycles. The minimum absolute atomic E-state index is 0.488. The summed E-state index contributed by atoms with van der Waals surface area (Å²) in [7, 11) is 1.03. The van der Waals surface area contributed by atoms with E-state index in [4.69, 9.17) is 5.11 Å². The molecule has 0 bridgehead atoms. The third kappa shape index (κ3) is 3.20. The summed E-state index contributed by atoms with van der Waals surface area (Å²) in [5, 5.41) is 19.5. The van der Waals surface area contributed by atoms with E-state index in [1.54, 1.807) is 0 Å². The first kappa shape index (κ1) is 14.0. The molecule has 0 aliphatic carbocycles. The maximum Gasteiger partial charge on any atom is 0.574 e. The van der Waals surface area contributed by atoms with Gasteiger partial charge in [-0.05, 0) is 0 Å². The van der Waals surface area contributed by atoms with Crippen LogP contribution < -0.4 is 9.47 Å². The molecule has 10 heteroatoms. The number of rotatable bonds is 4. The van der Waals surface area contributed by atoms with Crippen LogP contribution in [0.2, 0.25) is 0 Å². The normalized spacial score (nSPS) is 11.2. The fraction of sp³-hybridized carbons (Fsp3) is 0.375. The predicted octanol–water partition coefficient (Wildman–Crippen LogP) is 1.39. The SMILES string of the molecule is COc1cc(OC(F)(F)F)nc(CO)c1[N+](=O)[O-]. The molecule has 0 atom stereocenters. The van der Waals surface area contributed by atoms with Crippen molar-refractivity contribution in [2.45, 2.75) is 13.0 Å². The Morgan fingerprint density at radius 1 is 1.56 bits per heavy atom. The Balaban J connectivity index is 3.30. The smallest absolute Gasteiger partial charge is 0.490 e. The highest BCUT2D eigenvalue weighted by atomic mass is 19.4. The second-order valence-electron chi connectivity index (χ2n) is 2.92. The van der Waals surface area contributed by atoms with Crippen LogP contribution in [-0.2, 0) is 6.61 Å². The van der Waals surface area contributed by atoms with Gasteiger partial charge < -0.3 is 14.6 Å². The number of hydrogen-bond donors (Lipinski definition) is 1. The fourth-order valence-corrected chi connectivity index (χ4v) is 1.17. The molecule has 0 fully saturated rings. The predicted molar refractivity (Wildman–Crippen MR) is 50.0 cm³/mol. The highest BCUT2D eigenvalue weighted by Crippen LogP contribution is 2.34. The third-order valence-corrected chi connectivity index (χ3v) is 1.78. The highest BCUT2D eigenvalue weighted by Gasteiger charge is 2.34. The van der Waals surface area contributed by atoms with E-state index in [-0.39, 0.29) is 0 Å². The standard InChI is InChI=1S/C8H7F3N2O5/c1-17-5-2-6(18-8(9,10)11)12-4(3-14)7(5)13(15)16/h2,14H,3H2,1H3. The van der Waals surface area contributed by atoms with E-state index in [1.165, 1.54) is 0 Å². The van der Waals surface area contributed by atoms with Gasteiger partial charge in [-0.15, -0.1) is 13.2 Å². The average Bonchev–Trinajstić information content (AvgIpc) is 2.24. The number of pyridine rings is 1. The van der Waals surface area contributed by atoms with Gasteiger partial charge in [-0.1, -0.05) is 0 Å². The first-order valence-electron chi connectivity index (χ1n) is 4.37. The number of methoxy groups -OCH3 is 1. The zero-order valence-electron chi connectivity index (χ0n) is 8.89. The average molecular weight is 268 g/mol. The minimum atomic E-state index is -5.00. The number of halogens is 3. The Morgan fingerprint density at radius 2 is 2.17 bits per heavy atom. The molecule has 0 radical (unpaired) electrons. The van der Waals surface area contributed by atoms with Crippen molar-refractivity contribution in [2.24, 2.45) is 0 Å². The Bertz CT molecular complexity index is 438. The number of alkyl halides is 3. The van der Waals surface area contributed by atoms with Crippen LogP contribution in [0, 0.1) is 10.1 Å². The summed E-state index contributed by atoms with van der Waals surface area (Å²) in [6, 6.07) is 0.616. The summed E-state index contributed by atoms with van der Waals surface area (Å²) in [6.07, 6.45) is -5.00. The molecule has 100 valence electrons. The van der Waals surface area contributed by atoms with Crippen molar-refractivity contribution in [3.05, 3.63) is 21.9 Å². The van der Waals surface area contributed by atoms with E-state index in [9.17, 15) is 23.3 Å². The van der Waals surface area contributed by atoms with E-state index in [0.717, 1.165) is 7.11 Å².